The Bertz CT molecular complexity index is 1160. The Morgan fingerprint density at radius 3 is 2.88 bits per heavy atom. The number of fused-ring (bicyclic) bond motifs is 1. The molecule has 1 fully saturated rings. The van der Waals surface area contributed by atoms with E-state index in [1.165, 1.54) is 0 Å². The largest absolute Gasteiger partial charge is 0.496 e. The number of ether oxygens (including phenoxy) is 3. The van der Waals surface area contributed by atoms with Crippen molar-refractivity contribution in [3.8, 4) is 23.3 Å². The third-order valence-corrected chi connectivity index (χ3v) is 5.67. The molecule has 0 amide bonds. The van der Waals surface area contributed by atoms with Crippen LogP contribution in [0.5, 0.6) is 17.2 Å². The fourth-order valence-electron chi connectivity index (χ4n) is 4.13. The molecule has 1 N–H and O–H groups in total. The van der Waals surface area contributed by atoms with Crippen molar-refractivity contribution >= 4 is 11.6 Å². The van der Waals surface area contributed by atoms with Crippen LogP contribution in [0.25, 0.3) is 0 Å². The molecule has 2 aliphatic heterocycles. The average molecular weight is 430 g/mol. The van der Waals surface area contributed by atoms with Crippen molar-refractivity contribution in [2.45, 2.75) is 25.4 Å². The Morgan fingerprint density at radius 1 is 1.22 bits per heavy atom. The second-order valence-electron chi connectivity index (χ2n) is 7.62. The van der Waals surface area contributed by atoms with Gasteiger partial charge in [0.25, 0.3) is 0 Å². The smallest absolute Gasteiger partial charge is 0.231 e. The molecule has 2 aliphatic rings. The fourth-order valence-corrected chi connectivity index (χ4v) is 4.13. The molecular formula is C23H22N6O3. The Balaban J connectivity index is 1.35. The molecule has 0 bridgehead atoms. The second kappa shape index (κ2) is 8.69. The van der Waals surface area contributed by atoms with Gasteiger partial charge in [-0.15, -0.1) is 0 Å². The second-order valence-corrected chi connectivity index (χ2v) is 7.62. The number of methoxy groups -OCH3 is 1. The van der Waals surface area contributed by atoms with Crippen molar-refractivity contribution in [2.24, 2.45) is 0 Å². The molecule has 5 rings (SSSR count). The van der Waals surface area contributed by atoms with Crippen LogP contribution >= 0.6 is 0 Å². The van der Waals surface area contributed by atoms with E-state index in [9.17, 15) is 0 Å². The lowest BCUT2D eigenvalue weighted by Gasteiger charge is -2.25. The minimum Gasteiger partial charge on any atom is -0.496 e. The van der Waals surface area contributed by atoms with Gasteiger partial charge in [0.1, 0.15) is 17.5 Å². The average Bonchev–Trinajstić information content (AvgIpc) is 3.48. The molecule has 0 radical (unpaired) electrons. The summed E-state index contributed by atoms with van der Waals surface area (Å²) < 4.78 is 16.6. The van der Waals surface area contributed by atoms with Gasteiger partial charge in [-0.3, -0.25) is 4.90 Å². The molecule has 0 unspecified atom stereocenters. The maximum atomic E-state index is 8.90. The molecule has 2 aromatic heterocycles. The van der Waals surface area contributed by atoms with Crippen molar-refractivity contribution in [3.05, 3.63) is 59.7 Å². The minimum atomic E-state index is 0.174. The van der Waals surface area contributed by atoms with Crippen LogP contribution in [0.2, 0.25) is 0 Å². The van der Waals surface area contributed by atoms with Gasteiger partial charge in [0, 0.05) is 24.4 Å². The third-order valence-electron chi connectivity index (χ3n) is 5.67. The lowest BCUT2D eigenvalue weighted by molar-refractivity contribution is 0.173. The van der Waals surface area contributed by atoms with Gasteiger partial charge in [-0.1, -0.05) is 0 Å². The Labute approximate surface area is 185 Å². The van der Waals surface area contributed by atoms with Gasteiger partial charge in [-0.2, -0.15) is 5.26 Å². The molecule has 9 heteroatoms. The summed E-state index contributed by atoms with van der Waals surface area (Å²) in [4.78, 5) is 15.6. The number of nitrogens with zero attached hydrogens (tertiary/aromatic N) is 5. The van der Waals surface area contributed by atoms with Crippen LogP contribution in [-0.2, 0) is 6.54 Å². The number of benzene rings is 1. The predicted octanol–water partition coefficient (Wildman–Crippen LogP) is 3.56. The number of nitriles is 1. The number of rotatable bonds is 6. The Kier molecular flexibility index (Phi) is 5.44. The first-order valence-electron chi connectivity index (χ1n) is 10.4. The van der Waals surface area contributed by atoms with Crippen molar-refractivity contribution < 1.29 is 14.2 Å². The highest BCUT2D eigenvalue weighted by Gasteiger charge is 2.29. The molecular weight excluding hydrogens is 408 g/mol. The molecule has 0 saturated carbocycles. The highest BCUT2D eigenvalue weighted by Crippen LogP contribution is 2.40. The van der Waals surface area contributed by atoms with Crippen molar-refractivity contribution in [1.29, 1.82) is 5.26 Å². The van der Waals surface area contributed by atoms with E-state index in [1.807, 2.05) is 24.3 Å². The monoisotopic (exact) mass is 430 g/mol. The first-order chi connectivity index (χ1) is 15.7. The number of aromatic nitrogens is 3. The van der Waals surface area contributed by atoms with E-state index in [2.05, 4.69) is 20.2 Å². The van der Waals surface area contributed by atoms with Crippen LogP contribution in [0.1, 0.15) is 35.8 Å². The number of nitrogens with one attached hydrogen (secondary N) is 1. The molecule has 0 aliphatic carbocycles. The van der Waals surface area contributed by atoms with Crippen LogP contribution in [0.3, 0.4) is 0 Å². The van der Waals surface area contributed by atoms with Crippen molar-refractivity contribution in [3.63, 3.8) is 0 Å². The fraction of sp³-hybridized carbons (Fsp3) is 0.304. The van der Waals surface area contributed by atoms with E-state index in [0.717, 1.165) is 54.4 Å². The summed E-state index contributed by atoms with van der Waals surface area (Å²) >= 11 is 0. The highest BCUT2D eigenvalue weighted by molar-refractivity contribution is 5.53. The predicted molar refractivity (Wildman–Crippen MR) is 116 cm³/mol. The van der Waals surface area contributed by atoms with Crippen LogP contribution in [0.15, 0.2) is 42.7 Å². The molecule has 1 atom stereocenters. The number of hydrogen-bond acceptors (Lipinski definition) is 9. The first-order valence-corrected chi connectivity index (χ1v) is 10.4. The molecule has 32 heavy (non-hydrogen) atoms. The summed E-state index contributed by atoms with van der Waals surface area (Å²) in [6.45, 7) is 1.92. The number of hydrogen-bond donors (Lipinski definition) is 1. The standard InChI is InChI=1S/C23H22N6O3/c1-30-20-10-22-21(31-14-32-22)9-15(20)13-29-8-2-3-19(29)18-6-7-25-23(28-18)27-17-5-4-16(11-24)26-12-17/h4-7,9-10,12,19H,2-3,8,13-14H2,1H3,(H,25,27,28)/t19-/m1/s1. The van der Waals surface area contributed by atoms with E-state index >= 15 is 0 Å². The normalized spacial score (nSPS) is 17.2. The lowest BCUT2D eigenvalue weighted by atomic mass is 10.1. The molecule has 9 nitrogen and oxygen atoms in total. The third kappa shape index (κ3) is 4.00. The van der Waals surface area contributed by atoms with Crippen molar-refractivity contribution in [2.75, 3.05) is 25.8 Å². The Morgan fingerprint density at radius 2 is 2.09 bits per heavy atom. The van der Waals surface area contributed by atoms with Gasteiger partial charge in [-0.05, 0) is 43.7 Å². The SMILES string of the molecule is COc1cc2c(cc1CN1CCC[C@@H]1c1ccnc(Nc3ccc(C#N)nc3)n1)OCO2. The first kappa shape index (κ1) is 20.0. The summed E-state index contributed by atoms with van der Waals surface area (Å²) in [5.74, 6) is 2.76. The summed E-state index contributed by atoms with van der Waals surface area (Å²) in [7, 11) is 1.67. The van der Waals surface area contributed by atoms with Crippen molar-refractivity contribution in [1.82, 2.24) is 19.9 Å². The highest BCUT2D eigenvalue weighted by atomic mass is 16.7. The van der Waals surface area contributed by atoms with Gasteiger partial charge >= 0.3 is 0 Å². The van der Waals surface area contributed by atoms with E-state index in [0.29, 0.717) is 17.4 Å². The zero-order valence-corrected chi connectivity index (χ0v) is 17.6. The lowest BCUT2D eigenvalue weighted by Crippen LogP contribution is -2.24. The van der Waals surface area contributed by atoms with Crippen LogP contribution in [-0.4, -0.2) is 40.3 Å². The minimum absolute atomic E-state index is 0.174. The summed E-state index contributed by atoms with van der Waals surface area (Å²) in [6, 6.07) is 11.5. The topological polar surface area (TPSA) is 105 Å². The van der Waals surface area contributed by atoms with Gasteiger partial charge in [-0.25, -0.2) is 15.0 Å². The zero-order valence-electron chi connectivity index (χ0n) is 17.6. The molecule has 162 valence electrons. The van der Waals surface area contributed by atoms with Crippen LogP contribution in [0.4, 0.5) is 11.6 Å². The zero-order chi connectivity index (χ0) is 21.9. The summed E-state index contributed by atoms with van der Waals surface area (Å²) in [6.07, 6.45) is 5.47. The molecule has 3 aromatic rings. The van der Waals surface area contributed by atoms with Crippen LogP contribution in [0, 0.1) is 11.3 Å². The van der Waals surface area contributed by atoms with E-state index in [-0.39, 0.29) is 12.8 Å². The molecule has 4 heterocycles. The van der Waals surface area contributed by atoms with E-state index in [4.69, 9.17) is 24.5 Å². The summed E-state index contributed by atoms with van der Waals surface area (Å²) in [5, 5.41) is 12.1. The van der Waals surface area contributed by atoms with Gasteiger partial charge in [0.05, 0.1) is 30.7 Å². The van der Waals surface area contributed by atoms with Gasteiger partial charge in [0.15, 0.2) is 11.5 Å². The van der Waals surface area contributed by atoms with E-state index in [1.54, 1.807) is 31.6 Å². The van der Waals surface area contributed by atoms with Crippen LogP contribution < -0.4 is 19.5 Å². The number of likely N-dealkylation sites (tertiary alicyclic amines) is 1. The molecule has 1 aromatic carbocycles. The maximum Gasteiger partial charge on any atom is 0.231 e. The molecule has 1 saturated heterocycles. The molecule has 0 spiro atoms. The number of pyridine rings is 1. The van der Waals surface area contributed by atoms with Gasteiger partial charge < -0.3 is 19.5 Å². The Hall–Kier alpha value is -3.90. The van der Waals surface area contributed by atoms with Gasteiger partial charge in [0.2, 0.25) is 12.7 Å². The number of anilines is 2. The maximum absolute atomic E-state index is 8.90. The quantitative estimate of drug-likeness (QED) is 0.628. The van der Waals surface area contributed by atoms with E-state index < -0.39 is 0 Å². The summed E-state index contributed by atoms with van der Waals surface area (Å²) in [5.41, 5.74) is 3.11.